The second-order valence-corrected chi connectivity index (χ2v) is 3.32. The van der Waals surface area contributed by atoms with Crippen LogP contribution in [0.2, 0.25) is 6.82 Å². The summed E-state index contributed by atoms with van der Waals surface area (Å²) in [6, 6.07) is 0. The molecule has 1 nitrogen and oxygen atoms in total. The zero-order valence-corrected chi connectivity index (χ0v) is 7.77. The molecule has 11 heavy (non-hydrogen) atoms. The van der Waals surface area contributed by atoms with Crippen LogP contribution in [0.4, 0.5) is 0 Å². The summed E-state index contributed by atoms with van der Waals surface area (Å²) in [7, 11) is 1.28. The van der Waals surface area contributed by atoms with Crippen LogP contribution >= 0.6 is 0 Å². The summed E-state index contributed by atoms with van der Waals surface area (Å²) >= 11 is 0. The van der Waals surface area contributed by atoms with Crippen LogP contribution in [0, 0.1) is 0 Å². The fourth-order valence-electron chi connectivity index (χ4n) is 1.88. The summed E-state index contributed by atoms with van der Waals surface area (Å²) in [5, 5.41) is 0. The Labute approximate surface area is 70.7 Å². The van der Waals surface area contributed by atoms with E-state index in [2.05, 4.69) is 25.2 Å². The zero-order valence-electron chi connectivity index (χ0n) is 7.77. The number of hydrogen-bond acceptors (Lipinski definition) is 1. The van der Waals surface area contributed by atoms with E-state index in [1.54, 1.807) is 0 Å². The smallest absolute Gasteiger partial charge is 0.146 e. The number of likely N-dealkylation sites (tertiary alicyclic amines) is 1. The molecule has 1 saturated heterocycles. The zero-order chi connectivity index (χ0) is 8.27. The number of rotatable bonds is 3. The second-order valence-electron chi connectivity index (χ2n) is 3.32. The van der Waals surface area contributed by atoms with E-state index in [4.69, 9.17) is 0 Å². The second kappa shape index (κ2) is 3.84. The Hall–Kier alpha value is -0.395. The Morgan fingerprint density at radius 1 is 1.73 bits per heavy atom. The minimum atomic E-state index is 0.794. The fraction of sp³-hybridized carbons (Fsp3) is 0.778. The summed E-state index contributed by atoms with van der Waals surface area (Å²) in [5.41, 5.74) is 1.33. The Morgan fingerprint density at radius 2 is 2.45 bits per heavy atom. The third kappa shape index (κ3) is 1.79. The first-order chi connectivity index (χ1) is 5.29. The molecule has 1 aliphatic heterocycles. The van der Waals surface area contributed by atoms with Gasteiger partial charge in [-0.2, -0.15) is 0 Å². The van der Waals surface area contributed by atoms with Crippen LogP contribution in [0.1, 0.15) is 26.2 Å². The molecule has 1 heterocycles. The van der Waals surface area contributed by atoms with E-state index < -0.39 is 0 Å². The third-order valence-corrected chi connectivity index (χ3v) is 2.66. The molecule has 1 aliphatic rings. The summed E-state index contributed by atoms with van der Waals surface area (Å²) in [4.78, 5) is 2.49. The van der Waals surface area contributed by atoms with Gasteiger partial charge in [0.1, 0.15) is 7.28 Å². The molecule has 0 amide bonds. The van der Waals surface area contributed by atoms with Crippen molar-refractivity contribution in [3.8, 4) is 0 Å². The highest BCUT2D eigenvalue weighted by molar-refractivity contribution is 6.35. The predicted octanol–water partition coefficient (Wildman–Crippen LogP) is 1.82. The van der Waals surface area contributed by atoms with E-state index in [0.717, 1.165) is 12.4 Å². The van der Waals surface area contributed by atoms with Crippen molar-refractivity contribution in [2.75, 3.05) is 6.54 Å². The maximum absolute atomic E-state index is 4.08. The van der Waals surface area contributed by atoms with Crippen LogP contribution in [0.15, 0.2) is 12.3 Å². The SMILES string of the molecule is C=C(CC)N1CCCC1BC. The molecule has 1 rings (SSSR count). The molecule has 0 aromatic carbocycles. The van der Waals surface area contributed by atoms with Crippen LogP contribution in [0.25, 0.3) is 0 Å². The maximum Gasteiger partial charge on any atom is 0.146 e. The van der Waals surface area contributed by atoms with Gasteiger partial charge >= 0.3 is 0 Å². The van der Waals surface area contributed by atoms with Crippen molar-refractivity contribution in [2.45, 2.75) is 39.0 Å². The molecule has 0 aliphatic carbocycles. The van der Waals surface area contributed by atoms with Crippen molar-refractivity contribution < 1.29 is 0 Å². The standard InChI is InChI=1S/C9H18BN/c1-4-8(2)11-7-5-6-9(11)10-3/h9-10H,2,4-7H2,1,3H3. The number of allylic oxidation sites excluding steroid dienone is 1. The lowest BCUT2D eigenvalue weighted by Gasteiger charge is -2.26. The van der Waals surface area contributed by atoms with E-state index in [0.29, 0.717) is 0 Å². The minimum absolute atomic E-state index is 0.794. The molecule has 0 spiro atoms. The first kappa shape index (κ1) is 8.70. The molecule has 0 radical (unpaired) electrons. The summed E-state index contributed by atoms with van der Waals surface area (Å²) in [5.74, 6) is 0.794. The average Bonchev–Trinajstić information content (AvgIpc) is 2.50. The van der Waals surface area contributed by atoms with Crippen molar-refractivity contribution in [3.63, 3.8) is 0 Å². The van der Waals surface area contributed by atoms with Crippen molar-refractivity contribution in [2.24, 2.45) is 0 Å². The van der Waals surface area contributed by atoms with Gasteiger partial charge in [0, 0.05) is 18.2 Å². The Kier molecular flexibility index (Phi) is 3.04. The predicted molar refractivity (Wildman–Crippen MR) is 52.2 cm³/mol. The Balaban J connectivity index is 2.49. The summed E-state index contributed by atoms with van der Waals surface area (Å²) in [6.07, 6.45) is 3.84. The quantitative estimate of drug-likeness (QED) is 0.556. The number of nitrogens with zero attached hydrogens (tertiary/aromatic N) is 1. The van der Waals surface area contributed by atoms with Crippen LogP contribution in [-0.4, -0.2) is 24.7 Å². The Bertz CT molecular complexity index is 144. The molecule has 1 atom stereocenters. The topological polar surface area (TPSA) is 3.24 Å². The lowest BCUT2D eigenvalue weighted by molar-refractivity contribution is 0.382. The van der Waals surface area contributed by atoms with E-state index in [1.165, 1.54) is 32.4 Å². The van der Waals surface area contributed by atoms with Gasteiger partial charge in [-0.1, -0.05) is 20.3 Å². The molecule has 2 heteroatoms. The molecule has 1 fully saturated rings. The normalized spacial score (nSPS) is 23.8. The fourth-order valence-corrected chi connectivity index (χ4v) is 1.88. The molecule has 0 aromatic heterocycles. The summed E-state index contributed by atoms with van der Waals surface area (Å²) in [6.45, 7) is 9.78. The van der Waals surface area contributed by atoms with E-state index in [1.807, 2.05) is 0 Å². The average molecular weight is 151 g/mol. The van der Waals surface area contributed by atoms with Gasteiger partial charge in [0.2, 0.25) is 0 Å². The first-order valence-corrected chi connectivity index (χ1v) is 4.74. The highest BCUT2D eigenvalue weighted by Gasteiger charge is 2.22. The van der Waals surface area contributed by atoms with E-state index in [9.17, 15) is 0 Å². The van der Waals surface area contributed by atoms with Crippen molar-refractivity contribution in [1.82, 2.24) is 4.90 Å². The third-order valence-electron chi connectivity index (χ3n) is 2.66. The number of hydrogen-bond donors (Lipinski definition) is 0. The van der Waals surface area contributed by atoms with Crippen LogP contribution < -0.4 is 0 Å². The van der Waals surface area contributed by atoms with Crippen LogP contribution in [0.5, 0.6) is 0 Å². The molecular weight excluding hydrogens is 133 g/mol. The van der Waals surface area contributed by atoms with E-state index in [-0.39, 0.29) is 0 Å². The molecule has 0 N–H and O–H groups in total. The molecule has 0 saturated carbocycles. The highest BCUT2D eigenvalue weighted by Crippen LogP contribution is 2.21. The van der Waals surface area contributed by atoms with Gasteiger partial charge in [-0.25, -0.2) is 0 Å². The van der Waals surface area contributed by atoms with Gasteiger partial charge in [0.15, 0.2) is 0 Å². The van der Waals surface area contributed by atoms with Crippen molar-refractivity contribution >= 4 is 7.28 Å². The lowest BCUT2D eigenvalue weighted by atomic mass is 9.71. The van der Waals surface area contributed by atoms with Gasteiger partial charge in [-0.05, 0) is 19.3 Å². The monoisotopic (exact) mass is 151 g/mol. The summed E-state index contributed by atoms with van der Waals surface area (Å²) < 4.78 is 0. The first-order valence-electron chi connectivity index (χ1n) is 4.74. The van der Waals surface area contributed by atoms with Gasteiger partial charge < -0.3 is 4.90 Å². The van der Waals surface area contributed by atoms with E-state index >= 15 is 0 Å². The van der Waals surface area contributed by atoms with Crippen molar-refractivity contribution in [3.05, 3.63) is 12.3 Å². The van der Waals surface area contributed by atoms with Gasteiger partial charge in [-0.3, -0.25) is 0 Å². The van der Waals surface area contributed by atoms with Crippen LogP contribution in [0.3, 0.4) is 0 Å². The molecule has 0 bridgehead atoms. The van der Waals surface area contributed by atoms with Gasteiger partial charge in [0.25, 0.3) is 0 Å². The van der Waals surface area contributed by atoms with Crippen molar-refractivity contribution in [1.29, 1.82) is 0 Å². The maximum atomic E-state index is 4.08. The Morgan fingerprint density at radius 3 is 3.00 bits per heavy atom. The lowest BCUT2D eigenvalue weighted by Crippen LogP contribution is -2.31. The largest absolute Gasteiger partial charge is 0.380 e. The highest BCUT2D eigenvalue weighted by atomic mass is 15.2. The van der Waals surface area contributed by atoms with Gasteiger partial charge in [-0.15, -0.1) is 0 Å². The van der Waals surface area contributed by atoms with Crippen LogP contribution in [-0.2, 0) is 0 Å². The minimum Gasteiger partial charge on any atom is -0.380 e. The molecule has 0 aromatic rings. The molecule has 62 valence electrons. The molecule has 1 unspecified atom stereocenters. The molecular formula is C9H18BN. The van der Waals surface area contributed by atoms with Gasteiger partial charge in [0.05, 0.1) is 0 Å².